The number of aliphatic hydroxyl groups excluding tert-OH is 1. The van der Waals surface area contributed by atoms with Gasteiger partial charge in [-0.25, -0.2) is 0 Å². The van der Waals surface area contributed by atoms with Crippen molar-refractivity contribution in [2.24, 2.45) is 5.41 Å². The zero-order valence-electron chi connectivity index (χ0n) is 12.0. The minimum absolute atomic E-state index is 0.0994. The smallest absolute Gasteiger partial charge is 0.0497 e. The van der Waals surface area contributed by atoms with Crippen LogP contribution in [0.3, 0.4) is 0 Å². The van der Waals surface area contributed by atoms with Gasteiger partial charge < -0.3 is 10.0 Å². The van der Waals surface area contributed by atoms with Crippen molar-refractivity contribution in [2.75, 3.05) is 19.7 Å². The van der Waals surface area contributed by atoms with Gasteiger partial charge in [-0.3, -0.25) is 0 Å². The van der Waals surface area contributed by atoms with Crippen molar-refractivity contribution >= 4 is 0 Å². The van der Waals surface area contributed by atoms with E-state index in [1.54, 1.807) is 0 Å². The summed E-state index contributed by atoms with van der Waals surface area (Å²) in [6.07, 6.45) is 9.23. The Morgan fingerprint density at radius 1 is 1.18 bits per heavy atom. The molecule has 0 aromatic carbocycles. The normalized spacial score (nSPS) is 21.7. The molecule has 1 aliphatic carbocycles. The third-order valence-electron chi connectivity index (χ3n) is 4.32. The molecule has 0 bridgehead atoms. The largest absolute Gasteiger partial charge is 0.396 e. The Kier molecular flexibility index (Phi) is 6.50. The average Bonchev–Trinajstić information content (AvgIpc) is 2.37. The Balaban J connectivity index is 2.54. The highest BCUT2D eigenvalue weighted by molar-refractivity contribution is 4.82. The third-order valence-corrected chi connectivity index (χ3v) is 4.32. The molecule has 0 aromatic rings. The van der Waals surface area contributed by atoms with Crippen LogP contribution in [0.2, 0.25) is 0 Å². The van der Waals surface area contributed by atoms with Crippen LogP contribution in [-0.2, 0) is 0 Å². The van der Waals surface area contributed by atoms with E-state index in [1.165, 1.54) is 38.5 Å². The van der Waals surface area contributed by atoms with E-state index in [2.05, 4.69) is 25.7 Å². The molecule has 1 rings (SSSR count). The summed E-state index contributed by atoms with van der Waals surface area (Å²) >= 11 is 0. The first-order chi connectivity index (χ1) is 8.15. The van der Waals surface area contributed by atoms with Crippen LogP contribution in [0.15, 0.2) is 0 Å². The van der Waals surface area contributed by atoms with Crippen LogP contribution in [0.4, 0.5) is 0 Å². The highest BCUT2D eigenvalue weighted by Gasteiger charge is 2.29. The summed E-state index contributed by atoms with van der Waals surface area (Å²) in [5, 5.41) is 9.63. The van der Waals surface area contributed by atoms with Crippen molar-refractivity contribution in [1.82, 2.24) is 4.90 Å². The van der Waals surface area contributed by atoms with Crippen molar-refractivity contribution in [3.8, 4) is 0 Å². The van der Waals surface area contributed by atoms with Gasteiger partial charge in [-0.15, -0.1) is 0 Å². The van der Waals surface area contributed by atoms with E-state index in [0.29, 0.717) is 6.61 Å². The Labute approximate surface area is 107 Å². The molecule has 2 heteroatoms. The molecule has 0 aliphatic heterocycles. The van der Waals surface area contributed by atoms with Crippen LogP contribution in [-0.4, -0.2) is 35.7 Å². The second-order valence-corrected chi connectivity index (χ2v) is 6.07. The first-order valence-electron chi connectivity index (χ1n) is 7.50. The van der Waals surface area contributed by atoms with Gasteiger partial charge >= 0.3 is 0 Å². The van der Waals surface area contributed by atoms with Crippen molar-refractivity contribution in [3.05, 3.63) is 0 Å². The SMILES string of the molecule is CCCC(C)(CO)CN(CC)C1CCCCC1. The van der Waals surface area contributed by atoms with Gasteiger partial charge in [0.25, 0.3) is 0 Å². The summed E-state index contributed by atoms with van der Waals surface area (Å²) in [6, 6.07) is 0.775. The predicted molar refractivity (Wildman–Crippen MR) is 74.2 cm³/mol. The van der Waals surface area contributed by atoms with Crippen LogP contribution in [0.5, 0.6) is 0 Å². The fourth-order valence-corrected chi connectivity index (χ4v) is 3.25. The molecule has 0 amide bonds. The molecule has 1 fully saturated rings. The van der Waals surface area contributed by atoms with Crippen LogP contribution < -0.4 is 0 Å². The molecular formula is C15H31NO. The molecule has 1 aliphatic rings. The summed E-state index contributed by atoms with van der Waals surface area (Å²) in [5.74, 6) is 0. The van der Waals surface area contributed by atoms with Gasteiger partial charge in [-0.2, -0.15) is 0 Å². The third kappa shape index (κ3) is 4.59. The van der Waals surface area contributed by atoms with Crippen molar-refractivity contribution in [1.29, 1.82) is 0 Å². The molecule has 1 unspecified atom stereocenters. The van der Waals surface area contributed by atoms with Gasteiger partial charge in [-0.1, -0.05) is 46.5 Å². The Hall–Kier alpha value is -0.0800. The highest BCUT2D eigenvalue weighted by Crippen LogP contribution is 2.28. The van der Waals surface area contributed by atoms with Gasteiger partial charge in [0.2, 0.25) is 0 Å². The lowest BCUT2D eigenvalue weighted by Crippen LogP contribution is -2.44. The lowest BCUT2D eigenvalue weighted by molar-refractivity contribution is 0.0518. The minimum Gasteiger partial charge on any atom is -0.396 e. The van der Waals surface area contributed by atoms with Crippen molar-refractivity contribution in [2.45, 2.75) is 71.8 Å². The monoisotopic (exact) mass is 241 g/mol. The Morgan fingerprint density at radius 2 is 1.82 bits per heavy atom. The fraction of sp³-hybridized carbons (Fsp3) is 1.00. The lowest BCUT2D eigenvalue weighted by Gasteiger charge is -2.39. The Morgan fingerprint density at radius 3 is 2.29 bits per heavy atom. The van der Waals surface area contributed by atoms with E-state index in [9.17, 15) is 5.11 Å². The average molecular weight is 241 g/mol. The predicted octanol–water partition coefficient (Wildman–Crippen LogP) is 3.44. The number of aliphatic hydroxyl groups is 1. The second-order valence-electron chi connectivity index (χ2n) is 6.07. The van der Waals surface area contributed by atoms with Gasteiger partial charge in [0.05, 0.1) is 0 Å². The molecule has 0 heterocycles. The molecule has 1 N–H and O–H groups in total. The molecule has 0 aromatic heterocycles. The highest BCUT2D eigenvalue weighted by atomic mass is 16.3. The number of rotatable bonds is 7. The summed E-state index contributed by atoms with van der Waals surface area (Å²) in [4.78, 5) is 2.62. The van der Waals surface area contributed by atoms with E-state index < -0.39 is 0 Å². The van der Waals surface area contributed by atoms with Crippen LogP contribution in [0.1, 0.15) is 65.7 Å². The second kappa shape index (κ2) is 7.38. The quantitative estimate of drug-likeness (QED) is 0.738. The number of hydrogen-bond acceptors (Lipinski definition) is 2. The first-order valence-corrected chi connectivity index (χ1v) is 7.50. The number of hydrogen-bond donors (Lipinski definition) is 1. The standard InChI is InChI=1S/C15H31NO/c1-4-11-15(3,13-17)12-16(5-2)14-9-7-6-8-10-14/h14,17H,4-13H2,1-3H3. The van der Waals surface area contributed by atoms with E-state index in [4.69, 9.17) is 0 Å². The molecule has 1 saturated carbocycles. The molecule has 0 spiro atoms. The Bertz CT molecular complexity index is 201. The summed E-state index contributed by atoms with van der Waals surface area (Å²) in [6.45, 7) is 9.23. The molecule has 0 saturated heterocycles. The van der Waals surface area contributed by atoms with Crippen LogP contribution in [0.25, 0.3) is 0 Å². The summed E-state index contributed by atoms with van der Waals surface area (Å²) in [5.41, 5.74) is 0.0994. The maximum Gasteiger partial charge on any atom is 0.0497 e. The van der Waals surface area contributed by atoms with E-state index >= 15 is 0 Å². The van der Waals surface area contributed by atoms with Gasteiger partial charge in [0.15, 0.2) is 0 Å². The maximum absolute atomic E-state index is 9.63. The van der Waals surface area contributed by atoms with Crippen LogP contribution >= 0.6 is 0 Å². The fourth-order valence-electron chi connectivity index (χ4n) is 3.25. The lowest BCUT2D eigenvalue weighted by atomic mass is 9.84. The van der Waals surface area contributed by atoms with E-state index in [0.717, 1.165) is 25.6 Å². The van der Waals surface area contributed by atoms with E-state index in [1.807, 2.05) is 0 Å². The number of nitrogens with zero attached hydrogens (tertiary/aromatic N) is 1. The minimum atomic E-state index is 0.0994. The first kappa shape index (κ1) is 15.0. The zero-order chi connectivity index (χ0) is 12.7. The topological polar surface area (TPSA) is 23.5 Å². The van der Waals surface area contributed by atoms with Gasteiger partial charge in [0.1, 0.15) is 0 Å². The summed E-state index contributed by atoms with van der Waals surface area (Å²) in [7, 11) is 0. The molecule has 2 nitrogen and oxygen atoms in total. The van der Waals surface area contributed by atoms with Gasteiger partial charge in [-0.05, 0) is 25.8 Å². The molecule has 17 heavy (non-hydrogen) atoms. The maximum atomic E-state index is 9.63. The summed E-state index contributed by atoms with van der Waals surface area (Å²) < 4.78 is 0. The zero-order valence-corrected chi connectivity index (χ0v) is 12.0. The van der Waals surface area contributed by atoms with Crippen molar-refractivity contribution < 1.29 is 5.11 Å². The van der Waals surface area contributed by atoms with Crippen LogP contribution in [0, 0.1) is 5.41 Å². The van der Waals surface area contributed by atoms with Crippen molar-refractivity contribution in [3.63, 3.8) is 0 Å². The van der Waals surface area contributed by atoms with E-state index in [-0.39, 0.29) is 5.41 Å². The molecular weight excluding hydrogens is 210 g/mol. The molecule has 102 valence electrons. The molecule has 1 atom stereocenters. The molecule has 0 radical (unpaired) electrons. The van der Waals surface area contributed by atoms with Gasteiger partial charge in [0, 0.05) is 24.6 Å².